The van der Waals surface area contributed by atoms with Crippen molar-refractivity contribution < 1.29 is 9.53 Å². The summed E-state index contributed by atoms with van der Waals surface area (Å²) in [6.07, 6.45) is 0. The van der Waals surface area contributed by atoms with Gasteiger partial charge in [0.25, 0.3) is 0 Å². The molecule has 0 spiro atoms. The molecule has 0 unspecified atom stereocenters. The van der Waals surface area contributed by atoms with E-state index in [4.69, 9.17) is 4.74 Å². The zero-order valence-electron chi connectivity index (χ0n) is 17.4. The SMILES string of the molecule is CCNc1cc(COC(=O)c2cccc3nc(C)[nH]c23)ccc1-c1ccccc1C#N. The lowest BCUT2D eigenvalue weighted by molar-refractivity contribution is 0.0475. The molecule has 154 valence electrons. The number of carbonyl (C=O) groups excluding carboxylic acids is 1. The van der Waals surface area contributed by atoms with Crippen molar-refractivity contribution in [3.8, 4) is 17.2 Å². The summed E-state index contributed by atoms with van der Waals surface area (Å²) in [5.74, 6) is 0.344. The maximum atomic E-state index is 12.7. The number of anilines is 1. The van der Waals surface area contributed by atoms with Crippen LogP contribution in [0, 0.1) is 18.3 Å². The Hall–Kier alpha value is -4.11. The molecule has 0 aliphatic carbocycles. The minimum atomic E-state index is -0.404. The van der Waals surface area contributed by atoms with E-state index < -0.39 is 5.97 Å². The van der Waals surface area contributed by atoms with Crippen molar-refractivity contribution in [1.82, 2.24) is 9.97 Å². The van der Waals surface area contributed by atoms with Crippen LogP contribution in [0.25, 0.3) is 22.2 Å². The molecule has 4 rings (SSSR count). The number of esters is 1. The summed E-state index contributed by atoms with van der Waals surface area (Å²) in [4.78, 5) is 20.2. The molecule has 0 saturated heterocycles. The van der Waals surface area contributed by atoms with Crippen LogP contribution in [-0.4, -0.2) is 22.5 Å². The first-order valence-electron chi connectivity index (χ1n) is 10.1. The van der Waals surface area contributed by atoms with Crippen molar-refractivity contribution in [2.45, 2.75) is 20.5 Å². The van der Waals surface area contributed by atoms with Crippen LogP contribution in [0.4, 0.5) is 5.69 Å². The second-order valence-corrected chi connectivity index (χ2v) is 7.17. The van der Waals surface area contributed by atoms with Crippen LogP contribution in [0.1, 0.15) is 34.2 Å². The second kappa shape index (κ2) is 8.72. The van der Waals surface area contributed by atoms with E-state index in [-0.39, 0.29) is 6.61 Å². The minimum absolute atomic E-state index is 0.140. The Morgan fingerprint density at radius 2 is 1.97 bits per heavy atom. The van der Waals surface area contributed by atoms with Crippen LogP contribution >= 0.6 is 0 Å². The number of nitrogens with zero attached hydrogens (tertiary/aromatic N) is 2. The molecular formula is C25H22N4O2. The Morgan fingerprint density at radius 1 is 1.13 bits per heavy atom. The number of imidazole rings is 1. The Morgan fingerprint density at radius 3 is 2.77 bits per heavy atom. The van der Waals surface area contributed by atoms with E-state index in [9.17, 15) is 10.1 Å². The number of nitriles is 1. The highest BCUT2D eigenvalue weighted by Gasteiger charge is 2.15. The zero-order chi connectivity index (χ0) is 21.8. The molecule has 0 aliphatic heterocycles. The van der Waals surface area contributed by atoms with Crippen molar-refractivity contribution in [3.63, 3.8) is 0 Å². The van der Waals surface area contributed by atoms with Gasteiger partial charge in [0.15, 0.2) is 0 Å². The number of benzene rings is 3. The number of para-hydroxylation sites is 1. The summed E-state index contributed by atoms with van der Waals surface area (Å²) in [5.41, 5.74) is 6.05. The zero-order valence-corrected chi connectivity index (χ0v) is 17.4. The fraction of sp³-hybridized carbons (Fsp3) is 0.160. The first kappa shape index (κ1) is 20.2. The van der Waals surface area contributed by atoms with Crippen LogP contribution in [0.5, 0.6) is 0 Å². The largest absolute Gasteiger partial charge is 0.457 e. The van der Waals surface area contributed by atoms with Crippen molar-refractivity contribution in [3.05, 3.63) is 83.2 Å². The molecule has 1 heterocycles. The first-order chi connectivity index (χ1) is 15.1. The van der Waals surface area contributed by atoms with Gasteiger partial charge in [0, 0.05) is 23.4 Å². The number of aromatic nitrogens is 2. The Balaban J connectivity index is 1.58. The van der Waals surface area contributed by atoms with Gasteiger partial charge >= 0.3 is 5.97 Å². The first-order valence-corrected chi connectivity index (χ1v) is 10.1. The molecule has 2 N–H and O–H groups in total. The third-order valence-corrected chi connectivity index (χ3v) is 5.02. The fourth-order valence-electron chi connectivity index (χ4n) is 3.62. The number of carbonyl (C=O) groups is 1. The summed E-state index contributed by atoms with van der Waals surface area (Å²) in [5, 5.41) is 12.8. The van der Waals surface area contributed by atoms with Crippen LogP contribution < -0.4 is 5.32 Å². The summed E-state index contributed by atoms with van der Waals surface area (Å²) in [7, 11) is 0. The highest BCUT2D eigenvalue weighted by molar-refractivity contribution is 6.01. The van der Waals surface area contributed by atoms with Gasteiger partial charge in [-0.05, 0) is 43.7 Å². The number of aromatic amines is 1. The summed E-state index contributed by atoms with van der Waals surface area (Å²) in [6.45, 7) is 4.73. The highest BCUT2D eigenvalue weighted by atomic mass is 16.5. The van der Waals surface area contributed by atoms with Gasteiger partial charge in [-0.25, -0.2) is 9.78 Å². The van der Waals surface area contributed by atoms with E-state index in [1.807, 2.05) is 56.3 Å². The molecule has 0 atom stereocenters. The van der Waals surface area contributed by atoms with Gasteiger partial charge in [0.1, 0.15) is 12.4 Å². The Labute approximate surface area is 180 Å². The van der Waals surface area contributed by atoms with Gasteiger partial charge in [0.2, 0.25) is 0 Å². The van der Waals surface area contributed by atoms with Crippen LogP contribution in [-0.2, 0) is 11.3 Å². The predicted molar refractivity (Wildman–Crippen MR) is 121 cm³/mol. The maximum absolute atomic E-state index is 12.7. The average Bonchev–Trinajstić information content (AvgIpc) is 3.18. The fourth-order valence-corrected chi connectivity index (χ4v) is 3.62. The van der Waals surface area contributed by atoms with E-state index >= 15 is 0 Å². The minimum Gasteiger partial charge on any atom is -0.457 e. The second-order valence-electron chi connectivity index (χ2n) is 7.17. The van der Waals surface area contributed by atoms with E-state index in [0.717, 1.165) is 40.3 Å². The van der Waals surface area contributed by atoms with Crippen LogP contribution in [0.2, 0.25) is 0 Å². The van der Waals surface area contributed by atoms with Crippen LogP contribution in [0.3, 0.4) is 0 Å². The number of rotatable bonds is 6. The Bertz CT molecular complexity index is 1300. The average molecular weight is 410 g/mol. The number of nitrogens with one attached hydrogen (secondary N) is 2. The summed E-state index contributed by atoms with van der Waals surface area (Å²) < 4.78 is 5.59. The molecule has 3 aromatic carbocycles. The van der Waals surface area contributed by atoms with Gasteiger partial charge in [-0.3, -0.25) is 0 Å². The number of fused-ring (bicyclic) bond motifs is 1. The van der Waals surface area contributed by atoms with E-state index in [0.29, 0.717) is 16.6 Å². The summed E-state index contributed by atoms with van der Waals surface area (Å²) >= 11 is 0. The lowest BCUT2D eigenvalue weighted by Gasteiger charge is -2.14. The molecule has 0 radical (unpaired) electrons. The molecular weight excluding hydrogens is 388 g/mol. The van der Waals surface area contributed by atoms with Gasteiger partial charge in [-0.15, -0.1) is 0 Å². The molecule has 31 heavy (non-hydrogen) atoms. The number of H-pyrrole nitrogens is 1. The molecule has 0 aliphatic rings. The molecule has 0 amide bonds. The van der Waals surface area contributed by atoms with Crippen molar-refractivity contribution in [2.75, 3.05) is 11.9 Å². The van der Waals surface area contributed by atoms with Crippen molar-refractivity contribution >= 4 is 22.7 Å². The number of hydrogen-bond donors (Lipinski definition) is 2. The van der Waals surface area contributed by atoms with Crippen molar-refractivity contribution in [1.29, 1.82) is 5.26 Å². The van der Waals surface area contributed by atoms with Gasteiger partial charge in [-0.2, -0.15) is 5.26 Å². The molecule has 6 heteroatoms. The molecule has 0 fully saturated rings. The monoisotopic (exact) mass is 410 g/mol. The molecule has 0 bridgehead atoms. The van der Waals surface area contributed by atoms with Gasteiger partial charge < -0.3 is 15.0 Å². The smallest absolute Gasteiger partial charge is 0.340 e. The van der Waals surface area contributed by atoms with Crippen molar-refractivity contribution in [2.24, 2.45) is 0 Å². The lowest BCUT2D eigenvalue weighted by atomic mass is 9.97. The van der Waals surface area contributed by atoms with Gasteiger partial charge in [0.05, 0.1) is 28.2 Å². The lowest BCUT2D eigenvalue weighted by Crippen LogP contribution is -2.07. The topological polar surface area (TPSA) is 90.8 Å². The summed E-state index contributed by atoms with van der Waals surface area (Å²) in [6, 6.07) is 21.0. The maximum Gasteiger partial charge on any atom is 0.340 e. The van der Waals surface area contributed by atoms with E-state index in [2.05, 4.69) is 21.4 Å². The molecule has 4 aromatic rings. The normalized spacial score (nSPS) is 10.6. The van der Waals surface area contributed by atoms with Crippen LogP contribution in [0.15, 0.2) is 60.7 Å². The third kappa shape index (κ3) is 4.12. The highest BCUT2D eigenvalue weighted by Crippen LogP contribution is 2.31. The molecule has 1 aromatic heterocycles. The number of aryl methyl sites for hydroxylation is 1. The standard InChI is InChI=1S/C25H22N4O2/c1-3-27-23-13-17(11-12-20(23)19-8-5-4-7-18(19)14-26)15-31-25(30)21-9-6-10-22-24(21)29-16(2)28-22/h4-13,27H,3,15H2,1-2H3,(H,28,29). The van der Waals surface area contributed by atoms with Gasteiger partial charge in [-0.1, -0.05) is 36.4 Å². The predicted octanol–water partition coefficient (Wildman–Crippen LogP) is 5.20. The van der Waals surface area contributed by atoms with E-state index in [1.165, 1.54) is 0 Å². The number of hydrogen-bond acceptors (Lipinski definition) is 5. The quantitative estimate of drug-likeness (QED) is 0.426. The Kier molecular flexibility index (Phi) is 5.67. The third-order valence-electron chi connectivity index (χ3n) is 5.02. The molecule has 6 nitrogen and oxygen atoms in total. The molecule has 0 saturated carbocycles. The van der Waals surface area contributed by atoms with E-state index in [1.54, 1.807) is 18.2 Å². The number of ether oxygens (including phenoxy) is 1.